The summed E-state index contributed by atoms with van der Waals surface area (Å²) < 4.78 is 37.8. The van der Waals surface area contributed by atoms with Gasteiger partial charge >= 0.3 is 12.1 Å². The lowest BCUT2D eigenvalue weighted by atomic mass is 10.0. The Bertz CT molecular complexity index is 573. The monoisotopic (exact) mass is 320 g/mol. The third-order valence-electron chi connectivity index (χ3n) is 2.86. The summed E-state index contributed by atoms with van der Waals surface area (Å²) in [5.41, 5.74) is -2.24. The van der Waals surface area contributed by atoms with Gasteiger partial charge in [-0.25, -0.2) is 4.79 Å². The van der Waals surface area contributed by atoms with E-state index in [1.54, 1.807) is 13.8 Å². The number of hydrogen-bond donors (Lipinski definition) is 2. The Morgan fingerprint density at radius 1 is 1.41 bits per heavy atom. The molecule has 0 aromatic heterocycles. The first-order valence-electron chi connectivity index (χ1n) is 6.37. The Morgan fingerprint density at radius 3 is 2.41 bits per heavy atom. The molecule has 22 heavy (non-hydrogen) atoms. The fourth-order valence-electron chi connectivity index (χ4n) is 1.86. The maximum Gasteiger partial charge on any atom is 0.416 e. The number of nitro benzene ring substituents is 1. The van der Waals surface area contributed by atoms with Gasteiger partial charge in [-0.15, -0.1) is 0 Å². The van der Waals surface area contributed by atoms with Gasteiger partial charge in [-0.1, -0.05) is 13.8 Å². The van der Waals surface area contributed by atoms with Crippen LogP contribution in [0, 0.1) is 16.0 Å². The first-order valence-corrected chi connectivity index (χ1v) is 6.37. The molecule has 0 aliphatic heterocycles. The van der Waals surface area contributed by atoms with Crippen LogP contribution in [-0.4, -0.2) is 22.0 Å². The molecule has 0 bridgehead atoms. The van der Waals surface area contributed by atoms with Crippen molar-refractivity contribution in [3.8, 4) is 0 Å². The fraction of sp³-hybridized carbons (Fsp3) is 0.462. The second-order valence-corrected chi connectivity index (χ2v) is 5.15. The molecule has 0 amide bonds. The van der Waals surface area contributed by atoms with E-state index in [1.807, 2.05) is 0 Å². The molecule has 0 heterocycles. The van der Waals surface area contributed by atoms with Crippen molar-refractivity contribution in [2.24, 2.45) is 5.92 Å². The Labute approximate surface area is 124 Å². The molecule has 0 unspecified atom stereocenters. The summed E-state index contributed by atoms with van der Waals surface area (Å²) in [4.78, 5) is 21.1. The van der Waals surface area contributed by atoms with Crippen LogP contribution in [0.5, 0.6) is 0 Å². The molecule has 1 aromatic carbocycles. The van der Waals surface area contributed by atoms with E-state index in [2.05, 4.69) is 5.32 Å². The molecular weight excluding hydrogens is 305 g/mol. The number of nitrogens with one attached hydrogen (secondary N) is 1. The molecule has 0 saturated carbocycles. The highest BCUT2D eigenvalue weighted by molar-refractivity contribution is 5.79. The second kappa shape index (κ2) is 6.63. The van der Waals surface area contributed by atoms with Crippen LogP contribution in [0.1, 0.15) is 25.8 Å². The Morgan fingerprint density at radius 2 is 2.00 bits per heavy atom. The van der Waals surface area contributed by atoms with E-state index in [9.17, 15) is 28.1 Å². The number of alkyl halides is 3. The normalized spacial score (nSPS) is 13.0. The lowest BCUT2D eigenvalue weighted by Crippen LogP contribution is -2.31. The predicted octanol–water partition coefficient (Wildman–Crippen LogP) is 3.52. The van der Waals surface area contributed by atoms with Crippen LogP contribution in [0.25, 0.3) is 0 Å². The van der Waals surface area contributed by atoms with E-state index >= 15 is 0 Å². The molecule has 0 radical (unpaired) electrons. The van der Waals surface area contributed by atoms with Crippen LogP contribution in [-0.2, 0) is 11.0 Å². The molecule has 1 aromatic rings. The van der Waals surface area contributed by atoms with Gasteiger partial charge in [-0.3, -0.25) is 10.1 Å². The summed E-state index contributed by atoms with van der Waals surface area (Å²) in [6.07, 6.45) is -4.54. The molecule has 0 spiro atoms. The van der Waals surface area contributed by atoms with Crippen molar-refractivity contribution >= 4 is 17.3 Å². The molecule has 9 heteroatoms. The van der Waals surface area contributed by atoms with E-state index in [0.717, 1.165) is 6.07 Å². The lowest BCUT2D eigenvalue weighted by Gasteiger charge is -2.18. The van der Waals surface area contributed by atoms with E-state index in [-0.39, 0.29) is 18.0 Å². The zero-order valence-electron chi connectivity index (χ0n) is 11.8. The first-order chi connectivity index (χ1) is 10.0. The average Bonchev–Trinajstić information content (AvgIpc) is 2.36. The van der Waals surface area contributed by atoms with Gasteiger partial charge in [0, 0.05) is 6.07 Å². The molecule has 1 rings (SSSR count). The smallest absolute Gasteiger partial charge is 0.416 e. The fourth-order valence-corrected chi connectivity index (χ4v) is 1.86. The number of benzene rings is 1. The summed E-state index contributed by atoms with van der Waals surface area (Å²) >= 11 is 0. The minimum absolute atomic E-state index is 0.0119. The van der Waals surface area contributed by atoms with Crippen LogP contribution >= 0.6 is 0 Å². The highest BCUT2D eigenvalue weighted by Gasteiger charge is 2.33. The summed E-state index contributed by atoms with van der Waals surface area (Å²) in [5.74, 6) is -1.25. The Balaban J connectivity index is 3.18. The quantitative estimate of drug-likeness (QED) is 0.618. The number of carboxylic acids is 1. The van der Waals surface area contributed by atoms with Gasteiger partial charge < -0.3 is 10.4 Å². The zero-order valence-corrected chi connectivity index (χ0v) is 11.8. The van der Waals surface area contributed by atoms with Crippen molar-refractivity contribution in [3.05, 3.63) is 33.9 Å². The minimum Gasteiger partial charge on any atom is -0.480 e. The highest BCUT2D eigenvalue weighted by atomic mass is 19.4. The molecule has 2 N–H and O–H groups in total. The van der Waals surface area contributed by atoms with E-state index in [0.29, 0.717) is 12.1 Å². The molecular formula is C13H15F3N2O4. The summed E-state index contributed by atoms with van der Waals surface area (Å²) in [7, 11) is 0. The molecule has 0 saturated heterocycles. The number of aliphatic carboxylic acids is 1. The molecule has 6 nitrogen and oxygen atoms in total. The number of nitro groups is 1. The van der Waals surface area contributed by atoms with Gasteiger partial charge in [0.15, 0.2) is 0 Å². The van der Waals surface area contributed by atoms with Crippen molar-refractivity contribution in [1.29, 1.82) is 0 Å². The van der Waals surface area contributed by atoms with Gasteiger partial charge in [0.2, 0.25) is 0 Å². The van der Waals surface area contributed by atoms with Crippen molar-refractivity contribution in [2.75, 3.05) is 5.32 Å². The van der Waals surface area contributed by atoms with Crippen LogP contribution < -0.4 is 5.32 Å². The molecule has 0 aliphatic carbocycles. The second-order valence-electron chi connectivity index (χ2n) is 5.15. The van der Waals surface area contributed by atoms with Gasteiger partial charge in [0.25, 0.3) is 5.69 Å². The van der Waals surface area contributed by atoms with Gasteiger partial charge in [-0.2, -0.15) is 13.2 Å². The topological polar surface area (TPSA) is 92.5 Å². The lowest BCUT2D eigenvalue weighted by molar-refractivity contribution is -0.384. The zero-order chi connectivity index (χ0) is 17.1. The highest BCUT2D eigenvalue weighted by Crippen LogP contribution is 2.35. The van der Waals surface area contributed by atoms with Crippen molar-refractivity contribution in [2.45, 2.75) is 32.5 Å². The standard InChI is InChI=1S/C13H15F3N2O4/c1-7(2)5-10(12(19)20)17-9-4-3-8(13(14,15)16)6-11(9)18(21)22/h3-4,6-7,10,17H,5H2,1-2H3,(H,19,20)/t10-/m0/s1. The number of rotatable bonds is 6. The maximum atomic E-state index is 12.6. The third-order valence-corrected chi connectivity index (χ3v) is 2.86. The Hall–Kier alpha value is -2.32. The largest absolute Gasteiger partial charge is 0.480 e. The van der Waals surface area contributed by atoms with Crippen LogP contribution in [0.4, 0.5) is 24.5 Å². The van der Waals surface area contributed by atoms with E-state index in [4.69, 9.17) is 5.11 Å². The number of anilines is 1. The van der Waals surface area contributed by atoms with Gasteiger partial charge in [-0.05, 0) is 24.5 Å². The summed E-state index contributed by atoms with van der Waals surface area (Å²) in [5, 5.41) is 22.4. The molecule has 0 fully saturated rings. The molecule has 1 atom stereocenters. The summed E-state index contributed by atoms with van der Waals surface area (Å²) in [6, 6.07) is 0.799. The average molecular weight is 320 g/mol. The third kappa shape index (κ3) is 4.61. The number of halogens is 3. The number of carboxylic acid groups (broad SMARTS) is 1. The molecule has 0 aliphatic rings. The summed E-state index contributed by atoms with van der Waals surface area (Å²) in [6.45, 7) is 3.53. The van der Waals surface area contributed by atoms with Crippen LogP contribution in [0.15, 0.2) is 18.2 Å². The van der Waals surface area contributed by atoms with Crippen molar-refractivity contribution < 1.29 is 28.0 Å². The predicted molar refractivity (Wildman–Crippen MR) is 72.6 cm³/mol. The number of carbonyl (C=O) groups is 1. The Kier molecular flexibility index (Phi) is 5.34. The maximum absolute atomic E-state index is 12.6. The van der Waals surface area contributed by atoms with E-state index in [1.165, 1.54) is 0 Å². The van der Waals surface area contributed by atoms with Gasteiger partial charge in [0.05, 0.1) is 10.5 Å². The van der Waals surface area contributed by atoms with Crippen molar-refractivity contribution in [3.63, 3.8) is 0 Å². The molecule has 122 valence electrons. The number of hydrogen-bond acceptors (Lipinski definition) is 4. The van der Waals surface area contributed by atoms with E-state index < -0.39 is 34.4 Å². The van der Waals surface area contributed by atoms with Crippen LogP contribution in [0.3, 0.4) is 0 Å². The SMILES string of the molecule is CC(C)C[C@H](Nc1ccc(C(F)(F)F)cc1[N+](=O)[O-])C(=O)O. The van der Waals surface area contributed by atoms with Crippen molar-refractivity contribution in [1.82, 2.24) is 0 Å². The number of nitrogens with zero attached hydrogens (tertiary/aromatic N) is 1. The first kappa shape index (κ1) is 17.7. The van der Waals surface area contributed by atoms with Crippen LogP contribution in [0.2, 0.25) is 0 Å². The van der Waals surface area contributed by atoms with Gasteiger partial charge in [0.1, 0.15) is 11.7 Å². The minimum atomic E-state index is -4.71.